The van der Waals surface area contributed by atoms with Gasteiger partial charge in [-0.1, -0.05) is 30.3 Å². The van der Waals surface area contributed by atoms with E-state index >= 15 is 0 Å². The lowest BCUT2D eigenvalue weighted by Gasteiger charge is -2.34. The second-order valence-electron chi connectivity index (χ2n) is 7.01. The summed E-state index contributed by atoms with van der Waals surface area (Å²) in [6.07, 6.45) is -0.470. The number of piperazine rings is 1. The molecule has 1 aliphatic rings. The minimum absolute atomic E-state index is 0.293. The molecule has 7 heteroatoms. The molecule has 0 bridgehead atoms. The Morgan fingerprint density at radius 2 is 1.61 bits per heavy atom. The number of hydrogen-bond donors (Lipinski definition) is 1. The summed E-state index contributed by atoms with van der Waals surface area (Å²) in [5, 5.41) is 18.6. The lowest BCUT2D eigenvalue weighted by molar-refractivity contribution is 0.0672. The predicted octanol–water partition coefficient (Wildman–Crippen LogP) is 2.73. The summed E-state index contributed by atoms with van der Waals surface area (Å²) in [5.41, 5.74) is 1.66. The van der Waals surface area contributed by atoms with Crippen LogP contribution >= 0.6 is 0 Å². The van der Waals surface area contributed by atoms with E-state index in [1.807, 2.05) is 30.3 Å². The van der Waals surface area contributed by atoms with E-state index in [1.165, 1.54) is 12.1 Å². The number of rotatable bonds is 6. The Labute approximate surface area is 163 Å². The molecule has 3 aromatic rings. The summed E-state index contributed by atoms with van der Waals surface area (Å²) in [6, 6.07) is 15.8. The molecule has 1 unspecified atom stereocenters. The van der Waals surface area contributed by atoms with Crippen LogP contribution < -0.4 is 0 Å². The van der Waals surface area contributed by atoms with Crippen LogP contribution in [0, 0.1) is 5.82 Å². The summed E-state index contributed by atoms with van der Waals surface area (Å²) in [7, 11) is 0. The molecule has 0 saturated carbocycles. The van der Waals surface area contributed by atoms with Crippen LogP contribution in [0.3, 0.4) is 0 Å². The fourth-order valence-electron chi connectivity index (χ4n) is 3.37. The maximum Gasteiger partial charge on any atom is 0.247 e. The van der Waals surface area contributed by atoms with Crippen molar-refractivity contribution in [1.29, 1.82) is 0 Å². The lowest BCUT2D eigenvalue weighted by atomic mass is 10.1. The second kappa shape index (κ2) is 8.60. The molecule has 6 nitrogen and oxygen atoms in total. The van der Waals surface area contributed by atoms with Crippen molar-refractivity contribution >= 4 is 0 Å². The molecule has 0 amide bonds. The topological polar surface area (TPSA) is 65.6 Å². The van der Waals surface area contributed by atoms with Crippen LogP contribution in [0.4, 0.5) is 4.39 Å². The first-order chi connectivity index (χ1) is 13.7. The van der Waals surface area contributed by atoms with Gasteiger partial charge in [-0.3, -0.25) is 9.80 Å². The summed E-state index contributed by atoms with van der Waals surface area (Å²) in [6.45, 7) is 4.72. The van der Waals surface area contributed by atoms with Crippen LogP contribution in [0.15, 0.2) is 59.0 Å². The van der Waals surface area contributed by atoms with Crippen molar-refractivity contribution in [2.75, 3.05) is 32.7 Å². The van der Waals surface area contributed by atoms with Gasteiger partial charge in [0.15, 0.2) is 0 Å². The van der Waals surface area contributed by atoms with Crippen molar-refractivity contribution in [3.05, 3.63) is 71.9 Å². The number of benzene rings is 2. The van der Waals surface area contributed by atoms with Crippen LogP contribution in [0.2, 0.25) is 0 Å². The van der Waals surface area contributed by atoms with Crippen molar-refractivity contribution in [3.8, 4) is 11.5 Å². The van der Waals surface area contributed by atoms with Gasteiger partial charge in [0.25, 0.3) is 0 Å². The van der Waals surface area contributed by atoms with Crippen LogP contribution in [0.25, 0.3) is 11.5 Å². The second-order valence-corrected chi connectivity index (χ2v) is 7.01. The van der Waals surface area contributed by atoms with E-state index in [9.17, 15) is 9.50 Å². The Hall–Kier alpha value is -2.61. The molecule has 2 aromatic carbocycles. The van der Waals surface area contributed by atoms with Crippen LogP contribution in [0.5, 0.6) is 0 Å². The smallest absolute Gasteiger partial charge is 0.247 e. The minimum atomic E-state index is -0.470. The zero-order valence-electron chi connectivity index (χ0n) is 15.5. The number of β-amino-alcohol motifs (C(OH)–C–C–N with tert-alkyl or cyclic N) is 1. The zero-order chi connectivity index (χ0) is 19.3. The SMILES string of the molecule is OC(CN1CCN(Cc2nnc(-c3ccc(F)cc3)o2)CC1)c1ccccc1. The molecule has 1 N–H and O–H groups in total. The number of hydrogen-bond acceptors (Lipinski definition) is 6. The standard InChI is InChI=1S/C21H23FN4O2/c22-18-8-6-17(7-9-18)21-24-23-20(28-21)15-26-12-10-25(11-13-26)14-19(27)16-4-2-1-3-5-16/h1-9,19,27H,10-15H2. The first-order valence-electron chi connectivity index (χ1n) is 9.43. The van der Waals surface area contributed by atoms with Gasteiger partial charge in [-0.15, -0.1) is 10.2 Å². The highest BCUT2D eigenvalue weighted by Gasteiger charge is 2.21. The Balaban J connectivity index is 1.27. The molecule has 1 aliphatic heterocycles. The molecule has 1 fully saturated rings. The van der Waals surface area contributed by atoms with E-state index in [0.29, 0.717) is 30.4 Å². The van der Waals surface area contributed by atoms with Gasteiger partial charge < -0.3 is 9.52 Å². The summed E-state index contributed by atoms with van der Waals surface area (Å²) in [5.74, 6) is 0.662. The molecule has 0 spiro atoms. The summed E-state index contributed by atoms with van der Waals surface area (Å²) >= 11 is 0. The third-order valence-corrected chi connectivity index (χ3v) is 5.00. The van der Waals surface area contributed by atoms with Crippen molar-refractivity contribution in [2.45, 2.75) is 12.6 Å². The van der Waals surface area contributed by atoms with Crippen molar-refractivity contribution < 1.29 is 13.9 Å². The van der Waals surface area contributed by atoms with E-state index in [0.717, 1.165) is 31.7 Å². The summed E-state index contributed by atoms with van der Waals surface area (Å²) in [4.78, 5) is 4.53. The van der Waals surface area contributed by atoms with Gasteiger partial charge in [0.2, 0.25) is 11.8 Å². The summed E-state index contributed by atoms with van der Waals surface area (Å²) < 4.78 is 18.8. The van der Waals surface area contributed by atoms with E-state index in [4.69, 9.17) is 4.42 Å². The largest absolute Gasteiger partial charge is 0.419 e. The molecule has 2 heterocycles. The number of halogens is 1. The molecule has 4 rings (SSSR count). The predicted molar refractivity (Wildman–Crippen MR) is 103 cm³/mol. The van der Waals surface area contributed by atoms with Gasteiger partial charge >= 0.3 is 0 Å². The molecule has 0 aliphatic carbocycles. The molecule has 28 heavy (non-hydrogen) atoms. The Bertz CT molecular complexity index is 877. The third-order valence-electron chi connectivity index (χ3n) is 5.00. The van der Waals surface area contributed by atoms with Gasteiger partial charge in [0.1, 0.15) is 5.82 Å². The van der Waals surface area contributed by atoms with Crippen LogP contribution in [-0.2, 0) is 6.54 Å². The van der Waals surface area contributed by atoms with Gasteiger partial charge in [-0.05, 0) is 29.8 Å². The maximum atomic E-state index is 13.0. The van der Waals surface area contributed by atoms with Crippen molar-refractivity contribution in [1.82, 2.24) is 20.0 Å². The highest BCUT2D eigenvalue weighted by Crippen LogP contribution is 2.19. The first-order valence-corrected chi connectivity index (χ1v) is 9.43. The van der Waals surface area contributed by atoms with Crippen LogP contribution in [0.1, 0.15) is 17.6 Å². The van der Waals surface area contributed by atoms with E-state index in [2.05, 4.69) is 20.0 Å². The van der Waals surface area contributed by atoms with Crippen molar-refractivity contribution in [3.63, 3.8) is 0 Å². The monoisotopic (exact) mass is 382 g/mol. The number of aromatic nitrogens is 2. The highest BCUT2D eigenvalue weighted by molar-refractivity contribution is 5.51. The van der Waals surface area contributed by atoms with E-state index in [-0.39, 0.29) is 5.82 Å². The minimum Gasteiger partial charge on any atom is -0.419 e. The number of aliphatic hydroxyl groups is 1. The highest BCUT2D eigenvalue weighted by atomic mass is 19.1. The molecule has 1 saturated heterocycles. The normalized spacial score (nSPS) is 16.9. The van der Waals surface area contributed by atoms with Crippen molar-refractivity contribution in [2.24, 2.45) is 0 Å². The molecular weight excluding hydrogens is 359 g/mol. The Morgan fingerprint density at radius 1 is 0.929 bits per heavy atom. The van der Waals surface area contributed by atoms with Gasteiger partial charge in [-0.2, -0.15) is 0 Å². The zero-order valence-corrected chi connectivity index (χ0v) is 15.5. The maximum absolute atomic E-state index is 13.0. The molecule has 1 aromatic heterocycles. The van der Waals surface area contributed by atoms with Gasteiger partial charge in [0.05, 0.1) is 12.6 Å². The van der Waals surface area contributed by atoms with Crippen LogP contribution in [-0.4, -0.2) is 57.8 Å². The van der Waals surface area contributed by atoms with Gasteiger partial charge in [0, 0.05) is 38.3 Å². The molecule has 0 radical (unpaired) electrons. The third kappa shape index (κ3) is 4.62. The van der Waals surface area contributed by atoms with Gasteiger partial charge in [-0.25, -0.2) is 4.39 Å². The van der Waals surface area contributed by atoms with E-state index in [1.54, 1.807) is 12.1 Å². The fraction of sp³-hybridized carbons (Fsp3) is 0.333. The molecule has 146 valence electrons. The average molecular weight is 382 g/mol. The quantitative estimate of drug-likeness (QED) is 0.707. The average Bonchev–Trinajstić information content (AvgIpc) is 3.19. The number of aliphatic hydroxyl groups excluding tert-OH is 1. The van der Waals surface area contributed by atoms with E-state index < -0.39 is 6.10 Å². The lowest BCUT2D eigenvalue weighted by Crippen LogP contribution is -2.47. The number of nitrogens with zero attached hydrogens (tertiary/aromatic N) is 4. The fourth-order valence-corrected chi connectivity index (χ4v) is 3.37. The Morgan fingerprint density at radius 3 is 2.32 bits per heavy atom. The molecule has 1 atom stereocenters. The Kier molecular flexibility index (Phi) is 5.76. The molecular formula is C21H23FN4O2. The first kappa shape index (κ1) is 18.7.